The van der Waals surface area contributed by atoms with E-state index in [2.05, 4.69) is 25.8 Å². The molecule has 13 nitrogen and oxygen atoms in total. The minimum absolute atomic E-state index is 0. The van der Waals surface area contributed by atoms with Gasteiger partial charge < -0.3 is 11.1 Å². The maximum absolute atomic E-state index is 12.5. The fraction of sp³-hybridized carbons (Fsp3) is 0.0645. The summed E-state index contributed by atoms with van der Waals surface area (Å²) in [5.74, 6) is -0.265. The minimum atomic E-state index is -4.84. The summed E-state index contributed by atoms with van der Waals surface area (Å²) in [6.45, 7) is 3.64. The van der Waals surface area contributed by atoms with Gasteiger partial charge in [-0.2, -0.15) is 37.3 Å². The van der Waals surface area contributed by atoms with Crippen LogP contribution in [0.5, 0.6) is 0 Å². The topological polar surface area (TPSA) is 213 Å². The molecule has 0 fully saturated rings. The van der Waals surface area contributed by atoms with Crippen LogP contribution in [0.15, 0.2) is 121 Å². The molecule has 0 unspecified atom stereocenters. The Hall–Kier alpha value is -4.35. The number of nitrogens with zero attached hydrogens (tertiary/aromatic N) is 4. The van der Waals surface area contributed by atoms with E-state index in [0.29, 0.717) is 40.1 Å². The molecule has 0 saturated heterocycles. The van der Waals surface area contributed by atoms with E-state index >= 15 is 0 Å². The van der Waals surface area contributed by atoms with Gasteiger partial charge in [-0.25, -0.2) is 0 Å². The first kappa shape index (κ1) is 35.5. The summed E-state index contributed by atoms with van der Waals surface area (Å²) < 4.78 is 66.1. The minimum Gasteiger partial charge on any atom is -0.399 e. The van der Waals surface area contributed by atoms with E-state index < -0.39 is 30.0 Å². The van der Waals surface area contributed by atoms with Crippen molar-refractivity contribution in [2.24, 2.45) is 20.5 Å². The second kappa shape index (κ2) is 14.2. The Morgan fingerprint density at radius 1 is 0.681 bits per heavy atom. The molecular weight excluding hydrogens is 656 g/mol. The number of aryl methyl sites for hydroxylation is 2. The number of anilines is 2. The van der Waals surface area contributed by atoms with E-state index in [1.54, 1.807) is 67.6 Å². The summed E-state index contributed by atoms with van der Waals surface area (Å²) >= 11 is 0. The van der Waals surface area contributed by atoms with Gasteiger partial charge in [-0.05, 0) is 115 Å². The zero-order valence-electron chi connectivity index (χ0n) is 25.3. The number of hydrogen-bond donors (Lipinski definition) is 4. The number of fused-ring (bicyclic) bond motifs is 1. The normalized spacial score (nSPS) is 12.0. The summed E-state index contributed by atoms with van der Waals surface area (Å²) in [6.07, 6.45) is 0. The van der Waals surface area contributed by atoms with E-state index in [1.165, 1.54) is 18.2 Å². The molecule has 0 saturated carbocycles. The number of nitrogens with one attached hydrogen (secondary N) is 1. The SMILES string of the molecule is Cc1cc(N=Nc2ccc(NC(=O)c3ccc(N)cc3)cc2C)ccc1N=Nc1ccc2cc(S(=O)(=O)O)cc(S(=O)(=O)O)c2c1.[Na+]. The van der Waals surface area contributed by atoms with Crippen molar-refractivity contribution < 1.29 is 60.3 Å². The molecular formula is C31H26N6NaO7S2+. The molecule has 0 aromatic heterocycles. The van der Waals surface area contributed by atoms with Gasteiger partial charge in [0.05, 0.1) is 27.6 Å². The first-order chi connectivity index (χ1) is 21.7. The van der Waals surface area contributed by atoms with Crippen LogP contribution in [-0.4, -0.2) is 31.8 Å². The quantitative estimate of drug-likeness (QED) is 0.0783. The van der Waals surface area contributed by atoms with E-state index in [1.807, 2.05) is 6.92 Å². The van der Waals surface area contributed by atoms with Gasteiger partial charge in [0, 0.05) is 22.3 Å². The zero-order valence-corrected chi connectivity index (χ0v) is 28.9. The molecule has 5 aromatic rings. The molecule has 234 valence electrons. The van der Waals surface area contributed by atoms with Crippen molar-refractivity contribution in [3.05, 3.63) is 108 Å². The second-order valence-electron chi connectivity index (χ2n) is 10.2. The van der Waals surface area contributed by atoms with Crippen LogP contribution in [-0.2, 0) is 20.2 Å². The molecule has 16 heteroatoms. The summed E-state index contributed by atoms with van der Waals surface area (Å²) in [5, 5.41) is 20.0. The number of carbonyl (C=O) groups is 1. The summed E-state index contributed by atoms with van der Waals surface area (Å²) in [7, 11) is -9.57. The number of nitrogens with two attached hydrogens (primary N) is 1. The molecule has 0 bridgehead atoms. The number of benzene rings is 5. The van der Waals surface area contributed by atoms with Crippen LogP contribution in [0.1, 0.15) is 21.5 Å². The van der Waals surface area contributed by atoms with E-state index in [-0.39, 0.29) is 51.9 Å². The average Bonchev–Trinajstić information content (AvgIpc) is 2.99. The van der Waals surface area contributed by atoms with Crippen molar-refractivity contribution in [3.8, 4) is 0 Å². The first-order valence-electron chi connectivity index (χ1n) is 13.4. The third-order valence-corrected chi connectivity index (χ3v) is 8.53. The molecule has 0 aliphatic rings. The molecule has 0 aliphatic heterocycles. The van der Waals surface area contributed by atoms with Crippen molar-refractivity contribution in [2.45, 2.75) is 23.6 Å². The van der Waals surface area contributed by atoms with E-state index in [4.69, 9.17) is 5.73 Å². The molecule has 5 N–H and O–H groups in total. The van der Waals surface area contributed by atoms with Crippen molar-refractivity contribution in [1.82, 2.24) is 0 Å². The van der Waals surface area contributed by atoms with Gasteiger partial charge in [0.25, 0.3) is 26.1 Å². The van der Waals surface area contributed by atoms with Crippen LogP contribution in [0, 0.1) is 13.8 Å². The number of azo groups is 2. The van der Waals surface area contributed by atoms with Crippen LogP contribution < -0.4 is 40.6 Å². The second-order valence-corrected chi connectivity index (χ2v) is 13.0. The van der Waals surface area contributed by atoms with Crippen LogP contribution in [0.25, 0.3) is 10.8 Å². The van der Waals surface area contributed by atoms with Gasteiger partial charge in [0.15, 0.2) is 0 Å². The maximum Gasteiger partial charge on any atom is 1.00 e. The fourth-order valence-electron chi connectivity index (χ4n) is 4.43. The van der Waals surface area contributed by atoms with Gasteiger partial charge in [0.2, 0.25) is 0 Å². The molecule has 0 heterocycles. The van der Waals surface area contributed by atoms with Crippen molar-refractivity contribution in [1.29, 1.82) is 0 Å². The van der Waals surface area contributed by atoms with E-state index in [9.17, 15) is 30.7 Å². The third-order valence-electron chi connectivity index (χ3n) is 6.80. The predicted octanol–water partition coefficient (Wildman–Crippen LogP) is 4.62. The van der Waals surface area contributed by atoms with Crippen LogP contribution in [0.2, 0.25) is 0 Å². The van der Waals surface area contributed by atoms with Gasteiger partial charge in [-0.15, -0.1) is 0 Å². The third kappa shape index (κ3) is 8.72. The van der Waals surface area contributed by atoms with E-state index in [0.717, 1.165) is 17.2 Å². The molecule has 47 heavy (non-hydrogen) atoms. The molecule has 1 amide bonds. The summed E-state index contributed by atoms with van der Waals surface area (Å²) in [4.78, 5) is 11.1. The Morgan fingerprint density at radius 3 is 1.83 bits per heavy atom. The number of hydrogen-bond acceptors (Lipinski definition) is 10. The number of amides is 1. The van der Waals surface area contributed by atoms with Crippen molar-refractivity contribution in [3.63, 3.8) is 0 Å². The molecule has 0 aliphatic carbocycles. The van der Waals surface area contributed by atoms with Crippen LogP contribution >= 0.6 is 0 Å². The van der Waals surface area contributed by atoms with Gasteiger partial charge in [-0.1, -0.05) is 6.07 Å². The standard InChI is InChI=1S/C31H26N6O7S2.Na/c1-18-13-23(33-31(38)20-3-6-22(32)7-4-20)9-11-28(18)36-34-24-10-12-29(19(2)14-24)37-35-25-8-5-21-15-26(45(39,40)41)17-30(27(21)16-25)46(42,43)44;/h3-17H,32H2,1-2H3,(H,33,38)(H,39,40,41)(H,42,43,44);/q;+1. The summed E-state index contributed by atoms with van der Waals surface area (Å²) in [5.41, 5.74) is 10.7. The molecule has 0 radical (unpaired) electrons. The Bertz CT molecular complexity index is 2290. The number of nitrogen functional groups attached to an aromatic ring is 1. The Balaban J connectivity index is 0.00000500. The smallest absolute Gasteiger partial charge is 0.399 e. The van der Waals surface area contributed by atoms with Gasteiger partial charge in [-0.3, -0.25) is 13.9 Å². The van der Waals surface area contributed by atoms with Crippen molar-refractivity contribution >= 4 is 71.0 Å². The molecule has 0 spiro atoms. The fourth-order valence-corrected chi connectivity index (χ4v) is 5.78. The monoisotopic (exact) mass is 681 g/mol. The Kier molecular flexibility index (Phi) is 10.7. The first-order valence-corrected chi connectivity index (χ1v) is 16.3. The molecule has 0 atom stereocenters. The van der Waals surface area contributed by atoms with Gasteiger partial charge in [0.1, 0.15) is 4.90 Å². The number of carbonyl (C=O) groups excluding carboxylic acids is 1. The van der Waals surface area contributed by atoms with Crippen LogP contribution in [0.3, 0.4) is 0 Å². The average molecular weight is 682 g/mol. The van der Waals surface area contributed by atoms with Crippen LogP contribution in [0.4, 0.5) is 34.1 Å². The predicted molar refractivity (Wildman–Crippen MR) is 173 cm³/mol. The summed E-state index contributed by atoms with van der Waals surface area (Å²) in [6, 6.07) is 22.9. The zero-order chi connectivity index (χ0) is 33.2. The van der Waals surface area contributed by atoms with Gasteiger partial charge >= 0.3 is 29.6 Å². The molecule has 5 rings (SSSR count). The largest absolute Gasteiger partial charge is 1.00 e. The Labute approximate surface area is 292 Å². The molecule has 5 aromatic carbocycles. The van der Waals surface area contributed by atoms with Crippen molar-refractivity contribution in [2.75, 3.05) is 11.1 Å². The Morgan fingerprint density at radius 2 is 1.26 bits per heavy atom. The maximum atomic E-state index is 12.5. The number of rotatable bonds is 8.